The maximum absolute atomic E-state index is 11.5. The van der Waals surface area contributed by atoms with Gasteiger partial charge in [-0.15, -0.1) is 23.5 Å². The zero-order valence-corrected chi connectivity index (χ0v) is 113. The molecule has 1 aromatic rings. The van der Waals surface area contributed by atoms with E-state index in [1.165, 1.54) is 63.8 Å². The van der Waals surface area contributed by atoms with Gasteiger partial charge in [-0.1, -0.05) is 181 Å². The monoisotopic (exact) mass is 2530 g/mol. The van der Waals surface area contributed by atoms with Gasteiger partial charge >= 0.3 is 253 Å². The van der Waals surface area contributed by atoms with Gasteiger partial charge in [0.25, 0.3) is 10.1 Å². The van der Waals surface area contributed by atoms with Crippen LogP contribution in [0.2, 0.25) is 63.7 Å². The van der Waals surface area contributed by atoms with Crippen molar-refractivity contribution in [2.24, 2.45) is 0 Å². The van der Waals surface area contributed by atoms with Crippen molar-refractivity contribution in [2.45, 2.75) is 475 Å². The summed E-state index contributed by atoms with van der Waals surface area (Å²) in [6, 6.07) is 0.322. The minimum absolute atomic E-state index is 0. The molecule has 14 heterocycles. The van der Waals surface area contributed by atoms with Crippen LogP contribution in [0.5, 0.6) is 11.9 Å². The second kappa shape index (κ2) is 56.1. The van der Waals surface area contributed by atoms with Gasteiger partial charge in [-0.2, -0.15) is 60.4 Å². The third-order valence-corrected chi connectivity index (χ3v) is 82.1. The van der Waals surface area contributed by atoms with E-state index in [0.29, 0.717) is 76.1 Å². The Balaban J connectivity index is 0.000000348. The fourth-order valence-corrected chi connectivity index (χ4v) is 77.1. The third kappa shape index (κ3) is 35.7. The average molecular weight is 2530 g/mol. The molecule has 13 aliphatic heterocycles. The molecular formula is C100H194BClIN3O23S9Si5Sn. The third-order valence-electron chi connectivity index (χ3n) is 27.6. The quantitative estimate of drug-likeness (QED) is 0.0444. The van der Waals surface area contributed by atoms with Gasteiger partial charge in [0.1, 0.15) is 6.10 Å². The first-order valence-electron chi connectivity index (χ1n) is 51.7. The molecule has 0 radical (unpaired) electrons. The van der Waals surface area contributed by atoms with E-state index < -0.39 is 98.7 Å². The summed E-state index contributed by atoms with van der Waals surface area (Å²) in [5.74, 6) is 3.24. The summed E-state index contributed by atoms with van der Waals surface area (Å²) < 4.78 is 147. The first-order chi connectivity index (χ1) is 65.7. The first kappa shape index (κ1) is 137. The van der Waals surface area contributed by atoms with Gasteiger partial charge in [0.05, 0.1) is 151 Å². The van der Waals surface area contributed by atoms with Crippen molar-refractivity contribution in [2.75, 3.05) is 89.4 Å². The molecule has 0 unspecified atom stereocenters. The normalized spacial score (nSPS) is 30.0. The van der Waals surface area contributed by atoms with Gasteiger partial charge in [-0.3, -0.25) is 4.18 Å². The Bertz CT molecular complexity index is 4300. The number of hydrogen-bond acceptors (Lipinski definition) is 33. The molecule has 0 aromatic carbocycles. The number of nitrogens with one attached hydrogen (secondary N) is 1. The first-order valence-corrected chi connectivity index (χ1v) is 80.2. The van der Waals surface area contributed by atoms with Crippen LogP contribution in [0, 0.1) is 8.88 Å². The number of hydrogen-bond donors (Lipinski definition) is 5. The van der Waals surface area contributed by atoms with E-state index in [1.54, 1.807) is 50.1 Å². The number of nitrogens with zero attached hydrogens (tertiary/aromatic N) is 2. The van der Waals surface area contributed by atoms with E-state index in [-0.39, 0.29) is 117 Å². The average Bonchev–Trinajstić information content (AvgIpc) is 1.65. The van der Waals surface area contributed by atoms with E-state index in [4.69, 9.17) is 89.4 Å². The molecule has 44 heteroatoms. The Morgan fingerprint density at radius 2 is 0.875 bits per heavy atom. The minimum atomic E-state index is -3.49. The number of rotatable bonds is 16. The Labute approximate surface area is 933 Å². The van der Waals surface area contributed by atoms with Crippen molar-refractivity contribution < 1.29 is 105 Å². The molecule has 0 amide bonds. The summed E-state index contributed by atoms with van der Waals surface area (Å²) >= 11 is 12.4. The van der Waals surface area contributed by atoms with E-state index >= 15 is 0 Å². The Hall–Kier alpha value is 2.34. The molecule has 13 aliphatic rings. The van der Waals surface area contributed by atoms with Gasteiger partial charge in [0.15, 0.2) is 5.79 Å². The summed E-state index contributed by atoms with van der Waals surface area (Å²) in [5, 5.41) is 49.4. The molecule has 0 bridgehead atoms. The number of methoxy groups -OCH3 is 2. The van der Waals surface area contributed by atoms with Crippen LogP contribution in [-0.2, 0) is 77.1 Å². The number of halogens is 2. The van der Waals surface area contributed by atoms with Crippen molar-refractivity contribution in [3.05, 3.63) is 41.7 Å². The fraction of sp³-hybridized carbons (Fsp3) is 0.900. The van der Waals surface area contributed by atoms with Gasteiger partial charge in [0, 0.05) is 79.2 Å². The molecule has 144 heavy (non-hydrogen) atoms. The summed E-state index contributed by atoms with van der Waals surface area (Å²) in [7, 11) is -10.4. The fourth-order valence-electron chi connectivity index (χ4n) is 22.0. The van der Waals surface area contributed by atoms with E-state index in [2.05, 4.69) is 319 Å². The summed E-state index contributed by atoms with van der Waals surface area (Å²) in [6.07, 6.45) is 19.3. The SMILES string of the molecule is C.CC(C)(C)[Si]1(C(C)(C)C)OC[C@H]2SC=C[C@@H]2O1.CC(C)(C)[Si]1(C(C)(C)C)OC[C@H]2SC=C[C@@H]2O1.CC(C)(C)[Si]1(C(C)(C)C)OC[C@H]2SC[C@H](O)[C@@H]2O1.CC(C)(C)[Si]1(C(C)(C)C)OC[C@H]2SC[C@H](OS(C)(=O)=O)[C@@H]2O1.CCC[CH2][Sn]([CH2]CCC)([CH2]CCC)[C]1=C[C@@H]2O[Si](C(C)(C)C)(C(C)(C)C)OC[C@H]2S1.CC[C@H]1SC[C@@H]2OC(C)(C)O[C@@H]21.COc1ncc(I)c(OC)n1.CS(=O)(=O)Cl.OC[C@H]1SC[C@H](O)[C@@H]1O.[2H]B=N. The predicted molar refractivity (Wildman–Crippen MR) is 635 cm³/mol. The molecule has 0 spiro atoms. The number of ether oxygens (including phenoxy) is 4. The van der Waals surface area contributed by atoms with Crippen molar-refractivity contribution >= 4 is 204 Å². The molecule has 26 nitrogen and oxygen atoms in total. The topological polar surface area (TPSA) is 337 Å². The van der Waals surface area contributed by atoms with Crippen LogP contribution in [0.15, 0.2) is 38.2 Å². The van der Waals surface area contributed by atoms with Crippen LogP contribution in [0.25, 0.3) is 0 Å². The molecular weight excluding hydrogens is 2330 g/mol. The van der Waals surface area contributed by atoms with Crippen LogP contribution in [0.4, 0.5) is 0 Å². The van der Waals surface area contributed by atoms with Gasteiger partial charge in [-0.05, 0) is 65.8 Å². The Morgan fingerprint density at radius 1 is 0.521 bits per heavy atom. The van der Waals surface area contributed by atoms with Crippen LogP contribution in [0.1, 0.15) is 302 Å². The molecule has 0 saturated carbocycles. The number of aliphatic hydroxyl groups excluding tert-OH is 4. The molecule has 0 aliphatic carbocycles. The van der Waals surface area contributed by atoms with E-state index in [0.717, 1.165) is 54.0 Å². The van der Waals surface area contributed by atoms with Gasteiger partial charge in [-0.25, -0.2) is 13.4 Å². The number of aliphatic hydroxyl groups is 4. The molecule has 10 fully saturated rings. The standard InChI is InChI=1S/C14H28O5S2Si.C13H26O3SSi.2C13H24O2SSi.C13H23O2SSi.C9H16O2S.C6H7IN2O2.C5H10O3S.3C4H9.CH3ClO2S.CH4.BH2N.Sn/c1-13(2,3)22(14(4,5)6)17-8-11-12(19-22)10(9-20-11)18-21(7,15)16;1-12(2,3)18(13(4,5)6)15-7-10-11(16-18)9(14)8-17-10;3*1-12(2,3)17(13(4,5)6)14-9-11-10(15-17)7-8-16-11;1-4-7-8-6(5-12-7)10-9(2,3)11-8;1-10-5-4(7)3-8-6(9-5)11-2;6-1-4-5(8)3(7)2-9-4;3*1-3-4-2;1-5(2,3)4;;1-2;/h10-12H,8-9H2,1-7H3;9-11,14H,7-8H2,1-6H3;2*7-8,10-11H,9H2,1-6H3;7,10-11H,9H2,1-6H3;6-8H,4-5H2,1-3H3;3H,1-2H3;3-8H,1-2H2;3*1,3-4H2,2H3;1H3;1H4;1-2H;/t10-,11+,12-;9-,10+,11-;3*10-,11+;6-,7+,8-;;3-,4+,5-;;;;;;;/m000000.0......./s1/i;;;;;;;;;;;;;1D;. The van der Waals surface area contributed by atoms with Gasteiger partial charge < -0.3 is 74.8 Å². The van der Waals surface area contributed by atoms with Crippen molar-refractivity contribution in [1.82, 2.24) is 9.97 Å². The van der Waals surface area contributed by atoms with Crippen LogP contribution < -0.4 is 9.47 Å². The number of thioether (sulfide) groups is 7. The number of fused-ring (bicyclic) bond motifs is 6. The second-order valence-corrected chi connectivity index (χ2v) is 102. The zero-order valence-electron chi connectivity index (χ0n) is 95.4. The van der Waals surface area contributed by atoms with Crippen molar-refractivity contribution in [3.8, 4) is 11.9 Å². The zero-order chi connectivity index (χ0) is 110. The molecule has 5 N–H and O–H groups in total. The predicted octanol–water partition coefficient (Wildman–Crippen LogP) is 25.2. The molecule has 14 rings (SSSR count). The summed E-state index contributed by atoms with van der Waals surface area (Å²) in [6.45, 7) is 84.5. The molecule has 842 valence electrons. The summed E-state index contributed by atoms with van der Waals surface area (Å²) in [5.41, 5.74) is 0. The van der Waals surface area contributed by atoms with Gasteiger partial charge in [0.2, 0.25) is 14.9 Å². The number of unbranched alkanes of at least 4 members (excludes halogenated alkanes) is 3. The Kier molecular flexibility index (Phi) is 53.3. The van der Waals surface area contributed by atoms with E-state index in [9.17, 15) is 21.9 Å². The summed E-state index contributed by atoms with van der Waals surface area (Å²) in [4.78, 5) is 7.83. The van der Waals surface area contributed by atoms with Crippen LogP contribution in [-0.4, -0.2) is 316 Å². The maximum atomic E-state index is 11.5. The molecule has 10 saturated heterocycles. The molecule has 1 aromatic heterocycles. The van der Waals surface area contributed by atoms with Crippen LogP contribution in [0.3, 0.4) is 0 Å². The Morgan fingerprint density at radius 3 is 1.22 bits per heavy atom. The van der Waals surface area contributed by atoms with Crippen LogP contribution >= 0.6 is 116 Å². The van der Waals surface area contributed by atoms with Crippen molar-refractivity contribution in [3.63, 3.8) is 0 Å². The second-order valence-electron chi connectivity index (χ2n) is 49.9. The number of aromatic nitrogens is 2. The van der Waals surface area contributed by atoms with E-state index in [1.807, 2.05) is 52.1 Å². The molecule has 18 atom stereocenters. The van der Waals surface area contributed by atoms with Crippen molar-refractivity contribution in [1.29, 1.82) is 6.65 Å².